The van der Waals surface area contributed by atoms with Crippen molar-refractivity contribution in [2.75, 3.05) is 7.11 Å². The van der Waals surface area contributed by atoms with Crippen LogP contribution in [0.4, 0.5) is 0 Å². The fourth-order valence-electron chi connectivity index (χ4n) is 1.85. The molecule has 0 bridgehead atoms. The van der Waals surface area contributed by atoms with E-state index in [0.29, 0.717) is 6.41 Å². The molecule has 0 aromatic heterocycles. The molecule has 0 aromatic rings. The van der Waals surface area contributed by atoms with Gasteiger partial charge in [-0.05, 0) is 12.8 Å². The van der Waals surface area contributed by atoms with E-state index in [1.54, 1.807) is 0 Å². The zero-order valence-electron chi connectivity index (χ0n) is 7.79. The lowest BCUT2D eigenvalue weighted by Crippen LogP contribution is -2.42. The fraction of sp³-hybridized carbons (Fsp3) is 0.778. The summed E-state index contributed by atoms with van der Waals surface area (Å²) >= 11 is 0. The molecule has 1 fully saturated rings. The molecule has 0 heterocycles. The van der Waals surface area contributed by atoms with Crippen molar-refractivity contribution < 1.29 is 14.3 Å². The number of esters is 1. The maximum absolute atomic E-state index is 11.3. The fourth-order valence-corrected chi connectivity index (χ4v) is 1.85. The summed E-state index contributed by atoms with van der Waals surface area (Å²) in [4.78, 5) is 21.5. The Kier molecular flexibility index (Phi) is 3.73. The minimum atomic E-state index is -0.209. The van der Waals surface area contributed by atoms with Crippen LogP contribution in [0, 0.1) is 5.92 Å². The first-order chi connectivity index (χ1) is 6.29. The molecule has 2 unspecified atom stereocenters. The Labute approximate surface area is 77.6 Å². The Balaban J connectivity index is 2.55. The number of methoxy groups -OCH3 is 1. The van der Waals surface area contributed by atoms with Crippen molar-refractivity contribution in [1.29, 1.82) is 0 Å². The van der Waals surface area contributed by atoms with Crippen LogP contribution in [-0.2, 0) is 14.3 Å². The Hall–Kier alpha value is -1.06. The molecule has 0 radical (unpaired) electrons. The van der Waals surface area contributed by atoms with E-state index in [-0.39, 0.29) is 17.9 Å². The van der Waals surface area contributed by atoms with Gasteiger partial charge in [0.2, 0.25) is 6.41 Å². The molecule has 1 amide bonds. The molecule has 0 aliphatic heterocycles. The molecule has 1 saturated carbocycles. The predicted octanol–water partition coefficient (Wildman–Crippen LogP) is 0.464. The average Bonchev–Trinajstić information content (AvgIpc) is 2.18. The Morgan fingerprint density at radius 3 is 2.77 bits per heavy atom. The van der Waals surface area contributed by atoms with Crippen LogP contribution in [0.2, 0.25) is 0 Å². The number of nitrogens with one attached hydrogen (secondary N) is 1. The lowest BCUT2D eigenvalue weighted by Gasteiger charge is -2.28. The van der Waals surface area contributed by atoms with Gasteiger partial charge in [0.05, 0.1) is 13.0 Å². The Morgan fingerprint density at radius 1 is 1.46 bits per heavy atom. The standard InChI is InChI=1S/C9H15NO3/c1-13-9(12)7-4-2-3-5-8(7)10-6-11/h6-8H,2-5H2,1H3,(H,10,11). The molecular formula is C9H15NO3. The monoisotopic (exact) mass is 185 g/mol. The van der Waals surface area contributed by atoms with Crippen molar-refractivity contribution in [1.82, 2.24) is 5.32 Å². The van der Waals surface area contributed by atoms with E-state index in [4.69, 9.17) is 0 Å². The van der Waals surface area contributed by atoms with Crippen LogP contribution < -0.4 is 5.32 Å². The van der Waals surface area contributed by atoms with Crippen molar-refractivity contribution in [3.05, 3.63) is 0 Å². The van der Waals surface area contributed by atoms with Crippen LogP contribution in [0.25, 0.3) is 0 Å². The Bertz CT molecular complexity index is 193. The van der Waals surface area contributed by atoms with Crippen molar-refractivity contribution in [2.24, 2.45) is 5.92 Å². The summed E-state index contributed by atoms with van der Waals surface area (Å²) in [5.41, 5.74) is 0. The van der Waals surface area contributed by atoms with Gasteiger partial charge >= 0.3 is 5.97 Å². The third kappa shape index (κ3) is 2.44. The smallest absolute Gasteiger partial charge is 0.310 e. The van der Waals surface area contributed by atoms with Crippen molar-refractivity contribution in [3.8, 4) is 0 Å². The van der Waals surface area contributed by atoms with E-state index in [0.717, 1.165) is 25.7 Å². The number of carbonyl (C=O) groups excluding carboxylic acids is 2. The molecule has 0 spiro atoms. The zero-order valence-corrected chi connectivity index (χ0v) is 7.79. The van der Waals surface area contributed by atoms with Gasteiger partial charge in [0.15, 0.2) is 0 Å². The number of ether oxygens (including phenoxy) is 1. The van der Waals surface area contributed by atoms with E-state index in [1.807, 2.05) is 0 Å². The summed E-state index contributed by atoms with van der Waals surface area (Å²) < 4.78 is 4.67. The lowest BCUT2D eigenvalue weighted by atomic mass is 9.84. The molecule has 2 atom stereocenters. The van der Waals surface area contributed by atoms with E-state index < -0.39 is 0 Å². The summed E-state index contributed by atoms with van der Waals surface area (Å²) in [7, 11) is 1.38. The molecular weight excluding hydrogens is 170 g/mol. The number of hydrogen-bond donors (Lipinski definition) is 1. The average molecular weight is 185 g/mol. The maximum Gasteiger partial charge on any atom is 0.310 e. The van der Waals surface area contributed by atoms with Gasteiger partial charge in [-0.2, -0.15) is 0 Å². The lowest BCUT2D eigenvalue weighted by molar-refractivity contribution is -0.147. The normalized spacial score (nSPS) is 27.8. The van der Waals surface area contributed by atoms with E-state index in [1.165, 1.54) is 7.11 Å². The molecule has 1 rings (SSSR count). The van der Waals surface area contributed by atoms with Crippen LogP contribution in [-0.4, -0.2) is 25.5 Å². The summed E-state index contributed by atoms with van der Waals surface area (Å²) in [6.45, 7) is 0. The van der Waals surface area contributed by atoms with Gasteiger partial charge in [-0.3, -0.25) is 9.59 Å². The zero-order chi connectivity index (χ0) is 9.68. The summed E-state index contributed by atoms with van der Waals surface area (Å²) in [5.74, 6) is -0.358. The third-order valence-corrected chi connectivity index (χ3v) is 2.55. The summed E-state index contributed by atoms with van der Waals surface area (Å²) in [6.07, 6.45) is 4.46. The number of hydrogen-bond acceptors (Lipinski definition) is 3. The Morgan fingerprint density at radius 2 is 2.15 bits per heavy atom. The highest BCUT2D eigenvalue weighted by molar-refractivity contribution is 5.73. The SMILES string of the molecule is COC(=O)C1CCCCC1NC=O. The second-order valence-electron chi connectivity index (χ2n) is 3.31. The van der Waals surface area contributed by atoms with E-state index >= 15 is 0 Å². The molecule has 0 aromatic carbocycles. The van der Waals surface area contributed by atoms with Gasteiger partial charge in [0.25, 0.3) is 0 Å². The molecule has 74 valence electrons. The first kappa shape index (κ1) is 10.0. The summed E-state index contributed by atoms with van der Waals surface area (Å²) in [6, 6.07) is -0.0290. The predicted molar refractivity (Wildman–Crippen MR) is 47.0 cm³/mol. The van der Waals surface area contributed by atoms with Crippen LogP contribution in [0.15, 0.2) is 0 Å². The molecule has 4 nitrogen and oxygen atoms in total. The highest BCUT2D eigenvalue weighted by Crippen LogP contribution is 2.24. The van der Waals surface area contributed by atoms with Gasteiger partial charge < -0.3 is 10.1 Å². The topological polar surface area (TPSA) is 55.4 Å². The molecule has 1 N–H and O–H groups in total. The van der Waals surface area contributed by atoms with Crippen LogP contribution in [0.1, 0.15) is 25.7 Å². The number of carbonyl (C=O) groups is 2. The summed E-state index contributed by atoms with van der Waals surface area (Å²) in [5, 5.41) is 2.67. The van der Waals surface area contributed by atoms with Gasteiger partial charge in [-0.25, -0.2) is 0 Å². The molecule has 1 aliphatic carbocycles. The number of amides is 1. The molecule has 0 saturated heterocycles. The number of rotatable bonds is 3. The van der Waals surface area contributed by atoms with E-state index in [9.17, 15) is 9.59 Å². The van der Waals surface area contributed by atoms with E-state index in [2.05, 4.69) is 10.1 Å². The second-order valence-corrected chi connectivity index (χ2v) is 3.31. The first-order valence-electron chi connectivity index (χ1n) is 4.57. The van der Waals surface area contributed by atoms with Gasteiger partial charge in [-0.1, -0.05) is 12.8 Å². The minimum Gasteiger partial charge on any atom is -0.469 e. The van der Waals surface area contributed by atoms with Crippen molar-refractivity contribution in [3.63, 3.8) is 0 Å². The first-order valence-corrected chi connectivity index (χ1v) is 4.57. The minimum absolute atomic E-state index is 0.0290. The molecule has 1 aliphatic rings. The van der Waals surface area contributed by atoms with Gasteiger partial charge in [0.1, 0.15) is 0 Å². The van der Waals surface area contributed by atoms with Crippen LogP contribution >= 0.6 is 0 Å². The van der Waals surface area contributed by atoms with Gasteiger partial charge in [0, 0.05) is 6.04 Å². The second kappa shape index (κ2) is 4.84. The van der Waals surface area contributed by atoms with Crippen molar-refractivity contribution >= 4 is 12.4 Å². The van der Waals surface area contributed by atoms with Crippen molar-refractivity contribution in [2.45, 2.75) is 31.7 Å². The maximum atomic E-state index is 11.3. The highest BCUT2D eigenvalue weighted by atomic mass is 16.5. The van der Waals surface area contributed by atoms with Crippen LogP contribution in [0.5, 0.6) is 0 Å². The van der Waals surface area contributed by atoms with Crippen LogP contribution in [0.3, 0.4) is 0 Å². The quantitative estimate of drug-likeness (QED) is 0.513. The van der Waals surface area contributed by atoms with Gasteiger partial charge in [-0.15, -0.1) is 0 Å². The highest BCUT2D eigenvalue weighted by Gasteiger charge is 2.31. The third-order valence-electron chi connectivity index (χ3n) is 2.55. The largest absolute Gasteiger partial charge is 0.469 e. The molecule has 4 heteroatoms. The molecule has 13 heavy (non-hydrogen) atoms.